The van der Waals surface area contributed by atoms with Crippen molar-refractivity contribution in [2.75, 3.05) is 21.1 Å². The molecule has 0 atom stereocenters. The molecular formula is C16H25N3O9Zr. The summed E-state index contributed by atoms with van der Waals surface area (Å²) < 4.78 is 0. The van der Waals surface area contributed by atoms with Crippen molar-refractivity contribution in [3.8, 4) is 0 Å². The van der Waals surface area contributed by atoms with Crippen molar-refractivity contribution in [1.82, 2.24) is 16.0 Å². The summed E-state index contributed by atoms with van der Waals surface area (Å²) in [7, 11) is 3.78. The van der Waals surface area contributed by atoms with E-state index in [1.54, 1.807) is 6.92 Å². The van der Waals surface area contributed by atoms with Crippen molar-refractivity contribution in [2.45, 2.75) is 13.3 Å². The molecule has 0 aromatic rings. The van der Waals surface area contributed by atoms with Crippen LogP contribution in [0.1, 0.15) is 13.3 Å². The van der Waals surface area contributed by atoms with Crippen molar-refractivity contribution in [2.24, 2.45) is 0 Å². The molecule has 0 fully saturated rings. The van der Waals surface area contributed by atoms with Crippen molar-refractivity contribution >= 4 is 35.6 Å². The second-order valence-electron chi connectivity index (χ2n) is 3.66. The Balaban J connectivity index is -0.0000000851. The molecule has 0 saturated heterocycles. The third-order valence-corrected chi connectivity index (χ3v) is 1.85. The average molecular weight is 495 g/mol. The number of amides is 3. The molecule has 1 aliphatic carbocycles. The first-order chi connectivity index (χ1) is 13.0. The molecule has 1 rings (SSSR count). The zero-order chi connectivity index (χ0) is 23.1. The first-order valence-corrected chi connectivity index (χ1v) is 7.32. The number of carboxylic acid groups (broad SMARTS) is 3. The van der Waals surface area contributed by atoms with E-state index in [9.17, 15) is 28.8 Å². The van der Waals surface area contributed by atoms with Crippen molar-refractivity contribution in [1.29, 1.82) is 0 Å². The maximum atomic E-state index is 9.80. The fraction of sp³-hybridized carbons (Fsp3) is 0.312. The Morgan fingerprint density at radius 3 is 1.07 bits per heavy atom. The number of nitrogens with one attached hydrogen (secondary N) is 3. The number of aliphatic carboxylic acids is 3. The molecule has 13 heteroatoms. The number of carbonyl (C=O) groups is 6. The van der Waals surface area contributed by atoms with Gasteiger partial charge in [0.2, 0.25) is 0 Å². The van der Waals surface area contributed by atoms with Gasteiger partial charge in [-0.15, -0.1) is 6.42 Å². The van der Waals surface area contributed by atoms with E-state index in [-0.39, 0.29) is 26.2 Å². The quantitative estimate of drug-likeness (QED) is 0.173. The first-order valence-electron chi connectivity index (χ1n) is 7.32. The topological polar surface area (TPSA) is 199 Å². The van der Waals surface area contributed by atoms with Crippen molar-refractivity contribution in [3.05, 3.63) is 31.2 Å². The summed E-state index contributed by atoms with van der Waals surface area (Å²) >= 11 is 0. The zero-order valence-electron chi connectivity index (χ0n) is 16.4. The minimum absolute atomic E-state index is 0. The van der Waals surface area contributed by atoms with Gasteiger partial charge in [0.1, 0.15) is 0 Å². The second-order valence-corrected chi connectivity index (χ2v) is 3.66. The van der Waals surface area contributed by atoms with Crippen LogP contribution >= 0.6 is 0 Å². The van der Waals surface area contributed by atoms with Crippen molar-refractivity contribution < 1.29 is 70.3 Å². The third-order valence-electron chi connectivity index (χ3n) is 1.85. The van der Waals surface area contributed by atoms with Crippen LogP contribution in [0.25, 0.3) is 0 Å². The molecule has 0 unspecified atom stereocenters. The monoisotopic (exact) mass is 493 g/mol. The molecule has 0 aromatic carbocycles. The van der Waals surface area contributed by atoms with Crippen LogP contribution in [0.4, 0.5) is 0 Å². The van der Waals surface area contributed by atoms with Crippen LogP contribution in [0.3, 0.4) is 0 Å². The molecule has 0 radical (unpaired) electrons. The molecule has 3 amide bonds. The zero-order valence-corrected chi connectivity index (χ0v) is 18.9. The smallest absolute Gasteiger partial charge is 0.474 e. The summed E-state index contributed by atoms with van der Waals surface area (Å²) in [6.45, 7) is 5.00. The number of rotatable bonds is 0. The Morgan fingerprint density at radius 1 is 0.759 bits per heavy atom. The van der Waals surface area contributed by atoms with E-state index in [0.717, 1.165) is 6.42 Å². The molecule has 0 saturated carbocycles. The Bertz CT molecular complexity index is 504. The normalized spacial score (nSPS) is 8.72. The summed E-state index contributed by atoms with van der Waals surface area (Å²) in [5.74, 6) is -7.33. The first kappa shape index (κ1) is 37.0. The third kappa shape index (κ3) is 33.2. The second kappa shape index (κ2) is 27.4. The Morgan fingerprint density at radius 2 is 1.03 bits per heavy atom. The standard InChI is InChI=1S/C5H5.3C3H5NO3.C2H5.Zr/c1-2-4-5-3-1;3*1-4-2(5)3(6)7;1-2;/h1-3H,4H2;3*1H3,(H,4,5)(H,6,7);1H2,2H3;/q-1;;;;-1;+2. The van der Waals surface area contributed by atoms with Gasteiger partial charge in [-0.3, -0.25) is 20.5 Å². The van der Waals surface area contributed by atoms with Gasteiger partial charge in [-0.2, -0.15) is 13.0 Å². The van der Waals surface area contributed by atoms with Gasteiger partial charge in [-0.05, 0) is 0 Å². The predicted octanol–water partition coefficient (Wildman–Crippen LogP) is -1.41. The Kier molecular flexibility index (Phi) is 35.0. The molecule has 0 bridgehead atoms. The largest absolute Gasteiger partial charge is 2.00 e. The van der Waals surface area contributed by atoms with Crippen LogP contribution in [0.5, 0.6) is 0 Å². The number of carboxylic acids is 3. The van der Waals surface area contributed by atoms with E-state index >= 15 is 0 Å². The van der Waals surface area contributed by atoms with Crippen molar-refractivity contribution in [3.63, 3.8) is 0 Å². The van der Waals surface area contributed by atoms with Crippen LogP contribution in [-0.4, -0.2) is 72.1 Å². The Labute approximate surface area is 187 Å². The Hall–Kier alpha value is -2.82. The van der Waals surface area contributed by atoms with Crippen LogP contribution in [-0.2, 0) is 55.0 Å². The van der Waals surface area contributed by atoms with E-state index in [2.05, 4.69) is 19.1 Å². The van der Waals surface area contributed by atoms with Crippen LogP contribution < -0.4 is 16.0 Å². The van der Waals surface area contributed by atoms with Gasteiger partial charge in [0, 0.05) is 21.1 Å². The van der Waals surface area contributed by atoms with E-state index in [1.807, 2.05) is 28.1 Å². The number of likely N-dealkylation sites (N-methyl/N-ethyl adjacent to an activating group) is 3. The van der Waals surface area contributed by atoms with E-state index < -0.39 is 35.6 Å². The average Bonchev–Trinajstić information content (AvgIpc) is 3.28. The summed E-state index contributed by atoms with van der Waals surface area (Å²) in [6.07, 6.45) is 10.0. The predicted molar refractivity (Wildman–Crippen MR) is 97.7 cm³/mol. The van der Waals surface area contributed by atoms with Gasteiger partial charge in [0.25, 0.3) is 0 Å². The fourth-order valence-corrected chi connectivity index (χ4v) is 0.661. The molecule has 0 aliphatic heterocycles. The summed E-state index contributed by atoms with van der Waals surface area (Å²) in [6, 6.07) is 0. The molecule has 1 aliphatic rings. The van der Waals surface area contributed by atoms with Gasteiger partial charge < -0.3 is 38.2 Å². The molecule has 162 valence electrons. The van der Waals surface area contributed by atoms with E-state index in [1.165, 1.54) is 21.1 Å². The molecule has 29 heavy (non-hydrogen) atoms. The molecule has 12 nitrogen and oxygen atoms in total. The minimum atomic E-state index is -1.46. The fourth-order valence-electron chi connectivity index (χ4n) is 0.661. The molecule has 0 aromatic heterocycles. The van der Waals surface area contributed by atoms with E-state index in [4.69, 9.17) is 15.3 Å². The van der Waals surface area contributed by atoms with Gasteiger partial charge in [-0.25, -0.2) is 26.5 Å². The number of hydrogen-bond acceptors (Lipinski definition) is 6. The van der Waals surface area contributed by atoms with Gasteiger partial charge in [-0.1, -0.05) is 0 Å². The molecule has 6 N–H and O–H groups in total. The van der Waals surface area contributed by atoms with Crippen LogP contribution in [0.15, 0.2) is 18.2 Å². The maximum absolute atomic E-state index is 9.80. The molecular weight excluding hydrogens is 469 g/mol. The van der Waals surface area contributed by atoms with Gasteiger partial charge >= 0.3 is 61.8 Å². The maximum Gasteiger partial charge on any atom is 2.00 e. The number of hydrogen-bond donors (Lipinski definition) is 6. The number of carbonyl (C=O) groups excluding carboxylic acids is 3. The summed E-state index contributed by atoms with van der Waals surface area (Å²) in [4.78, 5) is 58.0. The van der Waals surface area contributed by atoms with Crippen LogP contribution in [0.2, 0.25) is 0 Å². The minimum Gasteiger partial charge on any atom is -0.474 e. The van der Waals surface area contributed by atoms with Gasteiger partial charge in [0.15, 0.2) is 0 Å². The SMILES string of the molecule is CNC(=O)C(=O)O.CNC(=O)C(=O)O.CNC(=O)C(=O)O.[C-]1=CC=CC1.[CH2-]C.[Zr+2]. The summed E-state index contributed by atoms with van der Waals surface area (Å²) in [5, 5.41) is 29.1. The van der Waals surface area contributed by atoms with E-state index in [0.29, 0.717) is 0 Å². The molecule has 0 heterocycles. The van der Waals surface area contributed by atoms with Gasteiger partial charge in [0.05, 0.1) is 0 Å². The van der Waals surface area contributed by atoms with Crippen LogP contribution in [0, 0.1) is 13.0 Å². The summed E-state index contributed by atoms with van der Waals surface area (Å²) in [5.41, 5.74) is 0. The number of allylic oxidation sites excluding steroid dienone is 4. The molecule has 0 spiro atoms.